The fourth-order valence-electron chi connectivity index (χ4n) is 1.21. The minimum atomic E-state index is -0.639. The van der Waals surface area contributed by atoms with E-state index >= 15 is 0 Å². The highest BCUT2D eigenvalue weighted by atomic mass is 16.1. The lowest BCUT2D eigenvalue weighted by Crippen LogP contribution is -2.37. The number of amides is 1. The molecule has 1 aromatic heterocycles. The molecule has 0 atom stereocenters. The van der Waals surface area contributed by atoms with Crippen molar-refractivity contribution in [1.82, 2.24) is 9.97 Å². The first-order chi connectivity index (χ1) is 7.74. The molecule has 0 spiro atoms. The normalized spacial score (nSPS) is 11.3. The van der Waals surface area contributed by atoms with Gasteiger partial charge in [0, 0.05) is 12.1 Å². The summed E-state index contributed by atoms with van der Waals surface area (Å²) in [5, 5.41) is 3.08. The summed E-state index contributed by atoms with van der Waals surface area (Å²) in [6.45, 7) is 7.54. The van der Waals surface area contributed by atoms with E-state index in [4.69, 9.17) is 11.5 Å². The van der Waals surface area contributed by atoms with Gasteiger partial charge in [0.25, 0.3) is 0 Å². The molecule has 94 valence electrons. The third-order valence-electron chi connectivity index (χ3n) is 2.66. The number of carbonyl (C=O) groups excluding carboxylic acids is 1. The fraction of sp³-hybridized carbons (Fsp3) is 0.545. The standard InChI is InChI=1S/C11H19N5O/c1-6-8(12)15-7(2)16-9(6)14-5-11(3,4)10(13)17/h5H2,1-4H3,(H2,13,17)(H3,12,14,15,16). The molecule has 1 aromatic rings. The maximum Gasteiger partial charge on any atom is 0.224 e. The van der Waals surface area contributed by atoms with Gasteiger partial charge in [-0.15, -0.1) is 0 Å². The number of nitrogens with one attached hydrogen (secondary N) is 1. The Hall–Kier alpha value is -1.85. The van der Waals surface area contributed by atoms with E-state index in [0.717, 1.165) is 5.56 Å². The van der Waals surface area contributed by atoms with Crippen molar-refractivity contribution in [2.45, 2.75) is 27.7 Å². The molecule has 17 heavy (non-hydrogen) atoms. The van der Waals surface area contributed by atoms with Gasteiger partial charge in [-0.3, -0.25) is 4.79 Å². The summed E-state index contributed by atoms with van der Waals surface area (Å²) in [6.07, 6.45) is 0. The van der Waals surface area contributed by atoms with Crippen molar-refractivity contribution in [2.75, 3.05) is 17.6 Å². The molecule has 0 saturated heterocycles. The largest absolute Gasteiger partial charge is 0.383 e. The molecule has 6 nitrogen and oxygen atoms in total. The van der Waals surface area contributed by atoms with E-state index in [9.17, 15) is 4.79 Å². The quantitative estimate of drug-likeness (QED) is 0.710. The Morgan fingerprint density at radius 3 is 2.47 bits per heavy atom. The summed E-state index contributed by atoms with van der Waals surface area (Å²) in [4.78, 5) is 19.5. The molecular formula is C11H19N5O. The van der Waals surface area contributed by atoms with Crippen molar-refractivity contribution in [1.29, 1.82) is 0 Å². The molecule has 0 saturated carbocycles. The van der Waals surface area contributed by atoms with Gasteiger partial charge in [-0.25, -0.2) is 9.97 Å². The Bertz CT molecular complexity index is 442. The third kappa shape index (κ3) is 3.05. The second-order valence-corrected chi connectivity index (χ2v) is 4.73. The minimum absolute atomic E-state index is 0.360. The van der Waals surface area contributed by atoms with Gasteiger partial charge >= 0.3 is 0 Å². The molecule has 1 heterocycles. The molecule has 1 amide bonds. The first-order valence-corrected chi connectivity index (χ1v) is 5.38. The number of aromatic nitrogens is 2. The van der Waals surface area contributed by atoms with Gasteiger partial charge in [-0.2, -0.15) is 0 Å². The Morgan fingerprint density at radius 2 is 1.94 bits per heavy atom. The highest BCUT2D eigenvalue weighted by Crippen LogP contribution is 2.20. The van der Waals surface area contributed by atoms with E-state index < -0.39 is 5.41 Å². The van der Waals surface area contributed by atoms with Gasteiger partial charge in [0.2, 0.25) is 5.91 Å². The van der Waals surface area contributed by atoms with Gasteiger partial charge in [-0.05, 0) is 27.7 Å². The zero-order chi connectivity index (χ0) is 13.2. The van der Waals surface area contributed by atoms with Crippen LogP contribution in [0.3, 0.4) is 0 Å². The van der Waals surface area contributed by atoms with Crippen LogP contribution >= 0.6 is 0 Å². The van der Waals surface area contributed by atoms with Crippen molar-refractivity contribution in [3.8, 4) is 0 Å². The van der Waals surface area contributed by atoms with E-state index in [1.54, 1.807) is 20.8 Å². The maximum atomic E-state index is 11.2. The third-order valence-corrected chi connectivity index (χ3v) is 2.66. The molecule has 0 aliphatic heterocycles. The predicted molar refractivity (Wildman–Crippen MR) is 67.4 cm³/mol. The molecular weight excluding hydrogens is 218 g/mol. The van der Waals surface area contributed by atoms with E-state index in [-0.39, 0.29) is 5.91 Å². The number of hydrogen-bond donors (Lipinski definition) is 3. The van der Waals surface area contributed by atoms with Gasteiger partial charge in [-0.1, -0.05) is 0 Å². The first-order valence-electron chi connectivity index (χ1n) is 5.38. The number of hydrogen-bond acceptors (Lipinski definition) is 5. The zero-order valence-corrected chi connectivity index (χ0v) is 10.7. The maximum absolute atomic E-state index is 11.2. The molecule has 0 bridgehead atoms. The van der Waals surface area contributed by atoms with Crippen LogP contribution in [0.2, 0.25) is 0 Å². The summed E-state index contributed by atoms with van der Waals surface area (Å²) < 4.78 is 0. The number of carbonyl (C=O) groups is 1. The molecule has 0 aliphatic carbocycles. The van der Waals surface area contributed by atoms with E-state index in [2.05, 4.69) is 15.3 Å². The van der Waals surface area contributed by atoms with Crippen LogP contribution in [0.15, 0.2) is 0 Å². The van der Waals surface area contributed by atoms with Crippen molar-refractivity contribution in [3.05, 3.63) is 11.4 Å². The van der Waals surface area contributed by atoms with Gasteiger partial charge < -0.3 is 16.8 Å². The molecule has 0 radical (unpaired) electrons. The van der Waals surface area contributed by atoms with Gasteiger partial charge in [0.1, 0.15) is 17.5 Å². The monoisotopic (exact) mass is 237 g/mol. The topological polar surface area (TPSA) is 107 Å². The SMILES string of the molecule is Cc1nc(N)c(C)c(NCC(C)(C)C(N)=O)n1. The highest BCUT2D eigenvalue weighted by Gasteiger charge is 2.25. The second kappa shape index (κ2) is 4.57. The van der Waals surface area contributed by atoms with Crippen molar-refractivity contribution >= 4 is 17.5 Å². The number of primary amides is 1. The molecule has 1 rings (SSSR count). The summed E-state index contributed by atoms with van der Waals surface area (Å²) >= 11 is 0. The number of anilines is 2. The summed E-state index contributed by atoms with van der Waals surface area (Å²) in [5.74, 6) is 1.31. The molecule has 0 aromatic carbocycles. The van der Waals surface area contributed by atoms with Crippen LogP contribution < -0.4 is 16.8 Å². The average Bonchev–Trinajstić information content (AvgIpc) is 2.21. The highest BCUT2D eigenvalue weighted by molar-refractivity contribution is 5.80. The second-order valence-electron chi connectivity index (χ2n) is 4.73. The minimum Gasteiger partial charge on any atom is -0.383 e. The molecule has 5 N–H and O–H groups in total. The van der Waals surface area contributed by atoms with E-state index in [1.165, 1.54) is 0 Å². The lowest BCUT2D eigenvalue weighted by atomic mass is 9.93. The van der Waals surface area contributed by atoms with Crippen LogP contribution in [0, 0.1) is 19.3 Å². The summed E-state index contributed by atoms with van der Waals surface area (Å²) in [6, 6.07) is 0. The van der Waals surface area contributed by atoms with Crippen LogP contribution in [0.1, 0.15) is 25.2 Å². The van der Waals surface area contributed by atoms with Crippen LogP contribution in [0.4, 0.5) is 11.6 Å². The van der Waals surface area contributed by atoms with Crippen LogP contribution in [-0.4, -0.2) is 22.4 Å². The Morgan fingerprint density at radius 1 is 1.35 bits per heavy atom. The van der Waals surface area contributed by atoms with E-state index in [0.29, 0.717) is 24.0 Å². The Balaban J connectivity index is 2.87. The van der Waals surface area contributed by atoms with Crippen LogP contribution in [0.25, 0.3) is 0 Å². The molecule has 0 aliphatic rings. The average molecular weight is 237 g/mol. The fourth-order valence-corrected chi connectivity index (χ4v) is 1.21. The molecule has 0 unspecified atom stereocenters. The first kappa shape index (κ1) is 13.2. The van der Waals surface area contributed by atoms with Crippen LogP contribution in [0.5, 0.6) is 0 Å². The summed E-state index contributed by atoms with van der Waals surface area (Å²) in [7, 11) is 0. The van der Waals surface area contributed by atoms with Crippen LogP contribution in [-0.2, 0) is 4.79 Å². The molecule has 0 fully saturated rings. The lowest BCUT2D eigenvalue weighted by molar-refractivity contribution is -0.125. The van der Waals surface area contributed by atoms with Gasteiger partial charge in [0.15, 0.2) is 0 Å². The Labute approximate surface area is 101 Å². The van der Waals surface area contributed by atoms with Crippen molar-refractivity contribution in [2.24, 2.45) is 11.1 Å². The Kier molecular flexibility index (Phi) is 3.55. The number of nitrogen functional groups attached to an aromatic ring is 1. The predicted octanol–water partition coefficient (Wildman–Crippen LogP) is 0.599. The summed E-state index contributed by atoms with van der Waals surface area (Å²) in [5.41, 5.74) is 11.2. The number of nitrogens with two attached hydrogens (primary N) is 2. The smallest absolute Gasteiger partial charge is 0.224 e. The van der Waals surface area contributed by atoms with E-state index in [1.807, 2.05) is 6.92 Å². The molecule has 6 heteroatoms. The number of rotatable bonds is 4. The lowest BCUT2D eigenvalue weighted by Gasteiger charge is -2.22. The zero-order valence-electron chi connectivity index (χ0n) is 10.7. The van der Waals surface area contributed by atoms with Crippen molar-refractivity contribution in [3.63, 3.8) is 0 Å². The van der Waals surface area contributed by atoms with Gasteiger partial charge in [0.05, 0.1) is 5.41 Å². The number of aryl methyl sites for hydroxylation is 1. The number of nitrogens with zero attached hydrogens (tertiary/aromatic N) is 2. The van der Waals surface area contributed by atoms with Crippen molar-refractivity contribution < 1.29 is 4.79 Å².